The first-order chi connectivity index (χ1) is 4.12. The Balaban J connectivity index is 3.61. The molecule has 0 aromatic rings. The second kappa shape index (κ2) is 3.81. The van der Waals surface area contributed by atoms with Crippen LogP contribution in [-0.4, -0.2) is 34.9 Å². The third-order valence-electron chi connectivity index (χ3n) is 0.856. The molecule has 0 fully saturated rings. The highest BCUT2D eigenvalue weighted by molar-refractivity contribution is 7.86. The van der Waals surface area contributed by atoms with Crippen molar-refractivity contribution in [2.75, 3.05) is 26.5 Å². The van der Waals surface area contributed by atoms with Crippen molar-refractivity contribution in [1.82, 2.24) is 5.32 Å². The van der Waals surface area contributed by atoms with Crippen molar-refractivity contribution in [2.45, 2.75) is 0 Å². The van der Waals surface area contributed by atoms with Crippen LogP contribution in [0.4, 0.5) is 0 Å². The van der Waals surface area contributed by atoms with Crippen LogP contribution in [0.25, 0.3) is 0 Å². The molecule has 0 radical (unpaired) electrons. The standard InChI is InChI=1S/C4H11NO3S/c1-5-3-4-9(6,7)8-2/h5H,3-4H2,1-2H3. The fraction of sp³-hybridized carbons (Fsp3) is 1.00. The molecule has 0 unspecified atom stereocenters. The SMILES string of the molecule is CNCCS(=O)(=O)OC. The van der Waals surface area contributed by atoms with Crippen molar-refractivity contribution in [3.05, 3.63) is 0 Å². The molecule has 0 heterocycles. The van der Waals surface area contributed by atoms with Crippen LogP contribution in [0.15, 0.2) is 0 Å². The fourth-order valence-electron chi connectivity index (χ4n) is 0.310. The predicted molar refractivity (Wildman–Crippen MR) is 34.7 cm³/mol. The molecule has 0 rings (SSSR count). The molecule has 0 saturated heterocycles. The number of nitrogens with one attached hydrogen (secondary N) is 1. The van der Waals surface area contributed by atoms with Crippen LogP contribution >= 0.6 is 0 Å². The minimum absolute atomic E-state index is 0.0278. The molecule has 1 N–H and O–H groups in total. The zero-order chi connectivity index (χ0) is 7.33. The minimum Gasteiger partial charge on any atom is -0.319 e. The molecule has 0 atom stereocenters. The zero-order valence-electron chi connectivity index (χ0n) is 5.55. The Morgan fingerprint density at radius 2 is 2.11 bits per heavy atom. The fourth-order valence-corrected chi connectivity index (χ4v) is 0.931. The van der Waals surface area contributed by atoms with Crippen LogP contribution in [0.5, 0.6) is 0 Å². The van der Waals surface area contributed by atoms with Gasteiger partial charge in [0, 0.05) is 6.54 Å². The van der Waals surface area contributed by atoms with Gasteiger partial charge in [0.15, 0.2) is 0 Å². The van der Waals surface area contributed by atoms with Gasteiger partial charge in [0.05, 0.1) is 12.9 Å². The number of rotatable bonds is 4. The van der Waals surface area contributed by atoms with Crippen molar-refractivity contribution in [2.24, 2.45) is 0 Å². The lowest BCUT2D eigenvalue weighted by molar-refractivity contribution is 0.397. The first-order valence-corrected chi connectivity index (χ1v) is 4.13. The van der Waals surface area contributed by atoms with Gasteiger partial charge in [-0.2, -0.15) is 8.42 Å². The lowest BCUT2D eigenvalue weighted by atomic mass is 10.8. The third kappa shape index (κ3) is 4.38. The summed E-state index contributed by atoms with van der Waals surface area (Å²) in [6.45, 7) is 0.427. The van der Waals surface area contributed by atoms with E-state index in [1.165, 1.54) is 0 Å². The highest BCUT2D eigenvalue weighted by atomic mass is 32.2. The molecular weight excluding hydrogens is 142 g/mol. The van der Waals surface area contributed by atoms with Crippen molar-refractivity contribution >= 4 is 10.1 Å². The van der Waals surface area contributed by atoms with Crippen molar-refractivity contribution < 1.29 is 12.6 Å². The van der Waals surface area contributed by atoms with Crippen molar-refractivity contribution in [3.8, 4) is 0 Å². The second-order valence-corrected chi connectivity index (χ2v) is 3.39. The van der Waals surface area contributed by atoms with E-state index >= 15 is 0 Å². The lowest BCUT2D eigenvalue weighted by Gasteiger charge is -1.98. The molecule has 0 aromatic heterocycles. The minimum atomic E-state index is -3.24. The maximum absolute atomic E-state index is 10.5. The summed E-state index contributed by atoms with van der Waals surface area (Å²) in [5, 5.41) is 2.70. The molecule has 0 aliphatic heterocycles. The van der Waals surface area contributed by atoms with Crippen LogP contribution in [0, 0.1) is 0 Å². The van der Waals surface area contributed by atoms with E-state index in [0.29, 0.717) is 6.54 Å². The highest BCUT2D eigenvalue weighted by Gasteiger charge is 2.05. The Morgan fingerprint density at radius 3 is 2.44 bits per heavy atom. The van der Waals surface area contributed by atoms with Crippen LogP contribution in [0.3, 0.4) is 0 Å². The van der Waals surface area contributed by atoms with Crippen molar-refractivity contribution in [3.63, 3.8) is 0 Å². The van der Waals surface area contributed by atoms with Gasteiger partial charge in [-0.1, -0.05) is 0 Å². The van der Waals surface area contributed by atoms with Gasteiger partial charge >= 0.3 is 0 Å². The molecular formula is C4H11NO3S. The van der Waals surface area contributed by atoms with Crippen LogP contribution in [-0.2, 0) is 14.3 Å². The van der Waals surface area contributed by atoms with Gasteiger partial charge in [-0.05, 0) is 7.05 Å². The molecule has 0 aliphatic carbocycles. The maximum atomic E-state index is 10.5. The summed E-state index contributed by atoms with van der Waals surface area (Å²) < 4.78 is 25.2. The topological polar surface area (TPSA) is 55.4 Å². The number of hydrogen-bond acceptors (Lipinski definition) is 4. The summed E-state index contributed by atoms with van der Waals surface area (Å²) in [4.78, 5) is 0. The predicted octanol–water partition coefficient (Wildman–Crippen LogP) is -0.818. The summed E-state index contributed by atoms with van der Waals surface area (Å²) in [6.07, 6.45) is 0. The first kappa shape index (κ1) is 8.87. The van der Waals surface area contributed by atoms with Gasteiger partial charge in [-0.25, -0.2) is 0 Å². The van der Waals surface area contributed by atoms with Crippen molar-refractivity contribution in [1.29, 1.82) is 0 Å². The Labute approximate surface area is 55.3 Å². The maximum Gasteiger partial charge on any atom is 0.268 e. The van der Waals surface area contributed by atoms with Gasteiger partial charge in [0.1, 0.15) is 0 Å². The van der Waals surface area contributed by atoms with Crippen LogP contribution < -0.4 is 5.32 Å². The van der Waals surface area contributed by atoms with E-state index in [1.54, 1.807) is 7.05 Å². The molecule has 9 heavy (non-hydrogen) atoms. The Morgan fingerprint density at radius 1 is 1.56 bits per heavy atom. The van der Waals surface area contributed by atoms with E-state index in [9.17, 15) is 8.42 Å². The first-order valence-electron chi connectivity index (χ1n) is 2.55. The monoisotopic (exact) mass is 153 g/mol. The molecule has 5 heteroatoms. The van der Waals surface area contributed by atoms with Gasteiger partial charge in [0.25, 0.3) is 10.1 Å². The average Bonchev–Trinajstić information content (AvgIpc) is 1.84. The molecule has 0 spiro atoms. The normalized spacial score (nSPS) is 11.8. The summed E-state index contributed by atoms with van der Waals surface area (Å²) >= 11 is 0. The molecule has 0 saturated carbocycles. The molecule has 0 bridgehead atoms. The van der Waals surface area contributed by atoms with E-state index in [0.717, 1.165) is 7.11 Å². The van der Waals surface area contributed by atoms with E-state index in [-0.39, 0.29) is 5.75 Å². The summed E-state index contributed by atoms with van der Waals surface area (Å²) in [5.41, 5.74) is 0. The van der Waals surface area contributed by atoms with Gasteiger partial charge < -0.3 is 5.32 Å². The van der Waals surface area contributed by atoms with Crippen LogP contribution in [0.2, 0.25) is 0 Å². The van der Waals surface area contributed by atoms with Gasteiger partial charge in [-0.3, -0.25) is 4.18 Å². The van der Waals surface area contributed by atoms with E-state index in [4.69, 9.17) is 0 Å². The van der Waals surface area contributed by atoms with Gasteiger partial charge in [0.2, 0.25) is 0 Å². The van der Waals surface area contributed by atoms with E-state index in [2.05, 4.69) is 9.50 Å². The summed E-state index contributed by atoms with van der Waals surface area (Å²) in [5.74, 6) is 0.0278. The number of hydrogen-bond donors (Lipinski definition) is 1. The van der Waals surface area contributed by atoms with E-state index in [1.807, 2.05) is 0 Å². The Bertz CT molecular complexity index is 151. The average molecular weight is 153 g/mol. The highest BCUT2D eigenvalue weighted by Crippen LogP contribution is 1.86. The zero-order valence-corrected chi connectivity index (χ0v) is 6.36. The Hall–Kier alpha value is -0.130. The quantitative estimate of drug-likeness (QED) is 0.536. The van der Waals surface area contributed by atoms with Crippen LogP contribution in [0.1, 0.15) is 0 Å². The molecule has 0 aromatic carbocycles. The molecule has 56 valence electrons. The third-order valence-corrected chi connectivity index (χ3v) is 2.07. The molecule has 0 amide bonds. The summed E-state index contributed by atoms with van der Waals surface area (Å²) in [6, 6.07) is 0. The summed E-state index contributed by atoms with van der Waals surface area (Å²) in [7, 11) is -0.401. The molecule has 0 aliphatic rings. The smallest absolute Gasteiger partial charge is 0.268 e. The molecule has 4 nitrogen and oxygen atoms in total. The van der Waals surface area contributed by atoms with Gasteiger partial charge in [-0.15, -0.1) is 0 Å². The second-order valence-electron chi connectivity index (χ2n) is 1.53. The largest absolute Gasteiger partial charge is 0.319 e. The lowest BCUT2D eigenvalue weighted by Crippen LogP contribution is -2.19. The Kier molecular flexibility index (Phi) is 3.76. The van der Waals surface area contributed by atoms with E-state index < -0.39 is 10.1 Å².